The molecule has 34 heavy (non-hydrogen) atoms. The Morgan fingerprint density at radius 3 is 1.35 bits per heavy atom. The molecule has 0 unspecified atom stereocenters. The maximum atomic E-state index is 12.4. The highest BCUT2D eigenvalue weighted by Crippen LogP contribution is 2.30. The molecule has 0 aliphatic heterocycles. The second kappa shape index (κ2) is 11.2. The molecule has 0 radical (unpaired) electrons. The third kappa shape index (κ3) is 6.82. The van der Waals surface area contributed by atoms with Gasteiger partial charge in [0.15, 0.2) is 11.6 Å². The van der Waals surface area contributed by atoms with Crippen molar-refractivity contribution >= 4 is 11.6 Å². The normalized spacial score (nSPS) is 11.8. The van der Waals surface area contributed by atoms with Crippen LogP contribution in [0.15, 0.2) is 48.5 Å². The summed E-state index contributed by atoms with van der Waals surface area (Å²) in [5.41, 5.74) is -0.553. The number of carbonyl (C=O) groups is 2. The van der Waals surface area contributed by atoms with Gasteiger partial charge in [0.2, 0.25) is 0 Å². The molecule has 0 fully saturated rings. The highest BCUT2D eigenvalue weighted by molar-refractivity contribution is 6.02. The third-order valence-electron chi connectivity index (χ3n) is 5.48. The van der Waals surface area contributed by atoms with E-state index in [1.807, 2.05) is 4.90 Å². The topological polar surface area (TPSA) is 125 Å². The number of aliphatic hydroxyl groups is 2. The van der Waals surface area contributed by atoms with Crippen molar-refractivity contribution in [3.05, 3.63) is 70.8 Å². The molecule has 0 saturated heterocycles. The van der Waals surface area contributed by atoms with Crippen LogP contribution in [0.2, 0.25) is 0 Å². The van der Waals surface area contributed by atoms with Gasteiger partial charge in [-0.15, -0.1) is 0 Å². The van der Waals surface area contributed by atoms with Gasteiger partial charge in [0, 0.05) is 37.1 Å². The highest BCUT2D eigenvalue weighted by Gasteiger charge is 2.28. The lowest BCUT2D eigenvalue weighted by molar-refractivity contribution is 0.0487. The molecule has 2 rings (SSSR count). The molecule has 178 valence electrons. The number of ketones is 2. The van der Waals surface area contributed by atoms with Crippen molar-refractivity contribution in [1.29, 1.82) is 10.5 Å². The molecular weight excluding hydrogens is 430 g/mol. The van der Waals surface area contributed by atoms with Gasteiger partial charge in [-0.05, 0) is 38.8 Å². The fourth-order valence-corrected chi connectivity index (χ4v) is 3.71. The maximum absolute atomic E-state index is 12.4. The number of rotatable bonds is 11. The predicted octanol–water partition coefficient (Wildman–Crippen LogP) is 3.81. The van der Waals surface area contributed by atoms with E-state index >= 15 is 0 Å². The summed E-state index contributed by atoms with van der Waals surface area (Å²) in [6.07, 6.45) is 0.541. The van der Waals surface area contributed by atoms with Gasteiger partial charge in [-0.3, -0.25) is 14.5 Å². The molecule has 7 nitrogen and oxygen atoms in total. The third-order valence-corrected chi connectivity index (χ3v) is 5.48. The molecule has 0 spiro atoms. The van der Waals surface area contributed by atoms with Crippen LogP contribution in [-0.2, 0) is 0 Å². The van der Waals surface area contributed by atoms with E-state index in [1.54, 1.807) is 48.5 Å². The molecule has 0 aromatic heterocycles. The Hall–Kier alpha value is -3.36. The largest absolute Gasteiger partial charge is 0.382 e. The number of Topliss-reactive ketones (excluding diaryl/α,β-unsaturated/α-hetero) is 2. The molecular formula is C27H31N3O4. The Morgan fingerprint density at radius 2 is 1.09 bits per heavy atom. The van der Waals surface area contributed by atoms with Crippen LogP contribution in [0.5, 0.6) is 0 Å². The lowest BCUT2D eigenvalue weighted by Crippen LogP contribution is -2.33. The summed E-state index contributed by atoms with van der Waals surface area (Å²) in [6, 6.07) is 17.8. The number of benzene rings is 2. The fourth-order valence-electron chi connectivity index (χ4n) is 3.71. The van der Waals surface area contributed by atoms with Crippen LogP contribution in [0.4, 0.5) is 0 Å². The number of carbonyl (C=O) groups excluding carboxylic acids is 2. The van der Waals surface area contributed by atoms with Gasteiger partial charge in [0.1, 0.15) is 11.2 Å². The molecule has 0 atom stereocenters. The lowest BCUT2D eigenvalue weighted by atomic mass is 9.90. The summed E-state index contributed by atoms with van der Waals surface area (Å²) in [7, 11) is 0. The summed E-state index contributed by atoms with van der Waals surface area (Å²) >= 11 is 0. The van der Waals surface area contributed by atoms with E-state index < -0.39 is 22.8 Å². The molecule has 0 aliphatic rings. The molecule has 0 amide bonds. The van der Waals surface area contributed by atoms with E-state index in [-0.39, 0.29) is 18.9 Å². The van der Waals surface area contributed by atoms with Crippen molar-refractivity contribution < 1.29 is 19.8 Å². The van der Waals surface area contributed by atoms with Crippen molar-refractivity contribution in [2.75, 3.05) is 13.1 Å². The molecule has 0 bridgehead atoms. The van der Waals surface area contributed by atoms with Crippen LogP contribution in [0, 0.1) is 22.7 Å². The van der Waals surface area contributed by atoms with E-state index in [4.69, 9.17) is 10.5 Å². The van der Waals surface area contributed by atoms with E-state index in [9.17, 15) is 19.8 Å². The van der Waals surface area contributed by atoms with Crippen molar-refractivity contribution in [1.82, 2.24) is 4.90 Å². The zero-order valence-electron chi connectivity index (χ0n) is 20.1. The van der Waals surface area contributed by atoms with Crippen molar-refractivity contribution in [2.24, 2.45) is 0 Å². The van der Waals surface area contributed by atoms with Gasteiger partial charge in [0.25, 0.3) is 0 Å². The summed E-state index contributed by atoms with van der Waals surface area (Å²) in [5.74, 6) is -0.785. The minimum absolute atomic E-state index is 0.270. The average Bonchev–Trinajstić information content (AvgIpc) is 2.79. The standard InChI is InChI=1S/C27H31N3O4/c1-26(2,33)24(31)21-11-7-19(8-12-21)23(30(17-5-15-28)18-6-16-29)20-9-13-22(14-10-20)25(32)27(3,4)34/h7-14,23,33-34H,5-6,17-18H2,1-4H3. The first kappa shape index (κ1) is 26.9. The predicted molar refractivity (Wildman–Crippen MR) is 128 cm³/mol. The fraction of sp³-hybridized carbons (Fsp3) is 0.407. The van der Waals surface area contributed by atoms with E-state index in [0.717, 1.165) is 11.1 Å². The molecule has 2 aromatic carbocycles. The Bertz CT molecular complexity index is 992. The van der Waals surface area contributed by atoms with Gasteiger partial charge in [-0.2, -0.15) is 10.5 Å². The van der Waals surface area contributed by atoms with E-state index in [2.05, 4.69) is 12.1 Å². The van der Waals surface area contributed by atoms with Crippen LogP contribution >= 0.6 is 0 Å². The Balaban J connectivity index is 2.52. The van der Waals surface area contributed by atoms with Crippen molar-refractivity contribution in [3.63, 3.8) is 0 Å². The van der Waals surface area contributed by atoms with Crippen LogP contribution in [0.1, 0.15) is 78.4 Å². The molecule has 0 aliphatic carbocycles. The number of nitriles is 2. The van der Waals surface area contributed by atoms with Gasteiger partial charge >= 0.3 is 0 Å². The lowest BCUT2D eigenvalue weighted by Gasteiger charge is -2.32. The van der Waals surface area contributed by atoms with Gasteiger partial charge in [-0.1, -0.05) is 48.5 Å². The van der Waals surface area contributed by atoms with Crippen LogP contribution < -0.4 is 0 Å². The van der Waals surface area contributed by atoms with Crippen LogP contribution in [0.25, 0.3) is 0 Å². The quantitative estimate of drug-likeness (QED) is 0.487. The maximum Gasteiger partial charge on any atom is 0.193 e. The number of hydrogen-bond donors (Lipinski definition) is 2. The molecule has 0 saturated carbocycles. The summed E-state index contributed by atoms with van der Waals surface area (Å²) in [6.45, 7) is 6.61. The SMILES string of the molecule is CC(C)(O)C(=O)c1ccc(C(c2ccc(C(=O)C(C)(C)O)cc2)N(CCC#N)CCC#N)cc1. The van der Waals surface area contributed by atoms with Gasteiger partial charge < -0.3 is 10.2 Å². The van der Waals surface area contributed by atoms with Crippen molar-refractivity contribution in [2.45, 2.75) is 57.8 Å². The second-order valence-electron chi connectivity index (χ2n) is 9.28. The average molecular weight is 462 g/mol. The Kier molecular flexibility index (Phi) is 8.84. The van der Waals surface area contributed by atoms with E-state index in [1.165, 1.54) is 27.7 Å². The smallest absolute Gasteiger partial charge is 0.193 e. The monoisotopic (exact) mass is 461 g/mol. The van der Waals surface area contributed by atoms with Crippen molar-refractivity contribution in [3.8, 4) is 12.1 Å². The first-order valence-corrected chi connectivity index (χ1v) is 11.1. The molecule has 7 heteroatoms. The molecule has 0 heterocycles. The number of hydrogen-bond acceptors (Lipinski definition) is 7. The highest BCUT2D eigenvalue weighted by atomic mass is 16.3. The minimum Gasteiger partial charge on any atom is -0.382 e. The second-order valence-corrected chi connectivity index (χ2v) is 9.28. The summed E-state index contributed by atoms with van der Waals surface area (Å²) < 4.78 is 0. The Morgan fingerprint density at radius 1 is 0.765 bits per heavy atom. The zero-order chi connectivity index (χ0) is 25.5. The van der Waals surface area contributed by atoms with Gasteiger partial charge in [0.05, 0.1) is 18.2 Å². The van der Waals surface area contributed by atoms with E-state index in [0.29, 0.717) is 24.2 Å². The number of nitrogens with zero attached hydrogens (tertiary/aromatic N) is 3. The zero-order valence-corrected chi connectivity index (χ0v) is 20.1. The van der Waals surface area contributed by atoms with Gasteiger partial charge in [-0.25, -0.2) is 0 Å². The summed E-state index contributed by atoms with van der Waals surface area (Å²) in [4.78, 5) is 26.9. The van der Waals surface area contributed by atoms with Crippen LogP contribution in [0.3, 0.4) is 0 Å². The first-order valence-electron chi connectivity index (χ1n) is 11.1. The summed E-state index contributed by atoms with van der Waals surface area (Å²) in [5, 5.41) is 38.4. The molecule has 2 aromatic rings. The molecule has 2 N–H and O–H groups in total. The first-order chi connectivity index (χ1) is 15.9. The van der Waals surface area contributed by atoms with Crippen LogP contribution in [-0.4, -0.2) is 51.0 Å². The Labute approximate surface area is 200 Å². The minimum atomic E-state index is -1.49.